The summed E-state index contributed by atoms with van der Waals surface area (Å²) in [6.07, 6.45) is 5.35. The van der Waals surface area contributed by atoms with Crippen LogP contribution in [0.4, 0.5) is 5.69 Å². The first-order valence-corrected chi connectivity index (χ1v) is 18.0. The quantitative estimate of drug-likeness (QED) is 0.172. The number of nitrogens with zero attached hydrogens (tertiary/aromatic N) is 2. The van der Waals surface area contributed by atoms with Crippen LogP contribution in [0.1, 0.15) is 48.8 Å². The number of carbonyl (C=O) groups is 2. The van der Waals surface area contributed by atoms with E-state index in [1.165, 1.54) is 16.4 Å². The first kappa shape index (κ1) is 33.4. The van der Waals surface area contributed by atoms with Crippen LogP contribution in [0.3, 0.4) is 0 Å². The van der Waals surface area contributed by atoms with Gasteiger partial charge in [-0.05, 0) is 66.8 Å². The van der Waals surface area contributed by atoms with E-state index in [9.17, 15) is 18.0 Å². The predicted octanol–water partition coefficient (Wildman–Crippen LogP) is 7.04. The first-order valence-electron chi connectivity index (χ1n) is 15.7. The van der Waals surface area contributed by atoms with Gasteiger partial charge in [0.15, 0.2) is 0 Å². The molecule has 4 aromatic rings. The van der Waals surface area contributed by atoms with Crippen molar-refractivity contribution >= 4 is 43.5 Å². The van der Waals surface area contributed by atoms with E-state index in [2.05, 4.69) is 21.2 Å². The second kappa shape index (κ2) is 15.6. The molecule has 0 bridgehead atoms. The van der Waals surface area contributed by atoms with Crippen LogP contribution in [-0.4, -0.2) is 43.8 Å². The maximum Gasteiger partial charge on any atom is 0.264 e. The Labute approximate surface area is 280 Å². The van der Waals surface area contributed by atoms with Crippen molar-refractivity contribution in [3.63, 3.8) is 0 Å². The monoisotopic (exact) mass is 701 g/mol. The van der Waals surface area contributed by atoms with Gasteiger partial charge < -0.3 is 10.2 Å². The van der Waals surface area contributed by atoms with Crippen molar-refractivity contribution in [2.24, 2.45) is 0 Å². The molecule has 1 saturated carbocycles. The zero-order valence-corrected chi connectivity index (χ0v) is 28.4. The molecule has 5 rings (SSSR count). The summed E-state index contributed by atoms with van der Waals surface area (Å²) >= 11 is 3.54. The highest BCUT2D eigenvalue weighted by Gasteiger charge is 2.35. The second-order valence-corrected chi connectivity index (χ2v) is 14.6. The molecule has 0 aliphatic heterocycles. The lowest BCUT2D eigenvalue weighted by molar-refractivity contribution is -0.140. The lowest BCUT2D eigenvalue weighted by Crippen LogP contribution is -2.55. The van der Waals surface area contributed by atoms with Gasteiger partial charge >= 0.3 is 0 Å². The molecule has 9 heteroatoms. The molecular formula is C37H40BrN3O4S. The van der Waals surface area contributed by atoms with Crippen LogP contribution in [0.5, 0.6) is 0 Å². The van der Waals surface area contributed by atoms with E-state index >= 15 is 0 Å². The van der Waals surface area contributed by atoms with E-state index in [-0.39, 0.29) is 29.8 Å². The van der Waals surface area contributed by atoms with Gasteiger partial charge in [0, 0.05) is 23.5 Å². The summed E-state index contributed by atoms with van der Waals surface area (Å²) in [5, 5.41) is 3.25. The molecule has 46 heavy (non-hydrogen) atoms. The molecule has 1 aliphatic rings. The number of amides is 2. The minimum Gasteiger partial charge on any atom is -0.352 e. The van der Waals surface area contributed by atoms with Crippen molar-refractivity contribution in [3.8, 4) is 0 Å². The number of hydrogen-bond donors (Lipinski definition) is 1. The van der Waals surface area contributed by atoms with Gasteiger partial charge in [0.2, 0.25) is 11.8 Å². The maximum atomic E-state index is 14.7. The molecular weight excluding hydrogens is 662 g/mol. The average molecular weight is 703 g/mol. The van der Waals surface area contributed by atoms with E-state index in [1.54, 1.807) is 35.2 Å². The molecule has 240 valence electrons. The van der Waals surface area contributed by atoms with Gasteiger partial charge in [-0.1, -0.05) is 114 Å². The number of aryl methyl sites for hydroxylation is 1. The Morgan fingerprint density at radius 2 is 1.46 bits per heavy atom. The number of halogens is 1. The van der Waals surface area contributed by atoms with Gasteiger partial charge in [0.1, 0.15) is 12.6 Å². The standard InChI is InChI=1S/C37H40BrN3O4S/c1-28-14-11-12-23-34(28)41(46(44,45)33-21-9-4-10-22-33)27-36(42)40(26-30-17-13-18-31(38)24-30)35(25-29-15-5-2-6-16-29)37(43)39-32-19-7-3-8-20-32/h2,4-6,9-18,21-24,32,35H,3,7-8,19-20,25-27H2,1H3,(H,39,43)/t35-/m1/s1. The Morgan fingerprint density at radius 1 is 0.826 bits per heavy atom. The highest BCUT2D eigenvalue weighted by molar-refractivity contribution is 9.10. The zero-order valence-electron chi connectivity index (χ0n) is 26.0. The number of anilines is 1. The molecule has 7 nitrogen and oxygen atoms in total. The van der Waals surface area contributed by atoms with Crippen LogP contribution >= 0.6 is 15.9 Å². The molecule has 1 atom stereocenters. The van der Waals surface area contributed by atoms with Crippen LogP contribution in [0, 0.1) is 6.92 Å². The number of para-hydroxylation sites is 1. The molecule has 0 saturated heterocycles. The minimum atomic E-state index is -4.13. The number of rotatable bonds is 12. The van der Waals surface area contributed by atoms with Crippen LogP contribution in [-0.2, 0) is 32.6 Å². The summed E-state index contributed by atoms with van der Waals surface area (Å²) in [6.45, 7) is 1.47. The van der Waals surface area contributed by atoms with Gasteiger partial charge in [0.05, 0.1) is 10.6 Å². The second-order valence-electron chi connectivity index (χ2n) is 11.8. The lowest BCUT2D eigenvalue weighted by atomic mass is 9.94. The van der Waals surface area contributed by atoms with E-state index in [0.29, 0.717) is 11.3 Å². The van der Waals surface area contributed by atoms with Crippen LogP contribution in [0.2, 0.25) is 0 Å². The Kier molecular flexibility index (Phi) is 11.3. The minimum absolute atomic E-state index is 0.0456. The smallest absolute Gasteiger partial charge is 0.264 e. The van der Waals surface area contributed by atoms with Gasteiger partial charge in [-0.2, -0.15) is 0 Å². The number of nitrogens with one attached hydrogen (secondary N) is 1. The third kappa shape index (κ3) is 8.44. The van der Waals surface area contributed by atoms with Crippen molar-refractivity contribution in [1.29, 1.82) is 0 Å². The average Bonchev–Trinajstić information content (AvgIpc) is 3.07. The fourth-order valence-electron chi connectivity index (χ4n) is 6.01. The lowest BCUT2D eigenvalue weighted by Gasteiger charge is -2.35. The van der Waals surface area contributed by atoms with Crippen molar-refractivity contribution in [1.82, 2.24) is 10.2 Å². The largest absolute Gasteiger partial charge is 0.352 e. The fraction of sp³-hybridized carbons (Fsp3) is 0.297. The summed E-state index contributed by atoms with van der Waals surface area (Å²) in [4.78, 5) is 30.5. The third-order valence-electron chi connectivity index (χ3n) is 8.46. The molecule has 1 N–H and O–H groups in total. The SMILES string of the molecule is Cc1ccccc1N(CC(=O)N(Cc1cccc(Br)c1)[C@H](Cc1ccccc1)C(=O)NC1CCCCC1)S(=O)(=O)c1ccccc1. The number of hydrogen-bond acceptors (Lipinski definition) is 4. The summed E-state index contributed by atoms with van der Waals surface area (Å²) < 4.78 is 30.4. The van der Waals surface area contributed by atoms with Crippen LogP contribution in [0.15, 0.2) is 119 Å². The maximum absolute atomic E-state index is 14.7. The summed E-state index contributed by atoms with van der Waals surface area (Å²) in [5.41, 5.74) is 2.85. The molecule has 0 radical (unpaired) electrons. The van der Waals surface area contributed by atoms with Gasteiger partial charge in [-0.15, -0.1) is 0 Å². The van der Waals surface area contributed by atoms with E-state index < -0.39 is 28.5 Å². The molecule has 0 heterocycles. The number of sulfonamides is 1. The predicted molar refractivity (Wildman–Crippen MR) is 186 cm³/mol. The Balaban J connectivity index is 1.56. The molecule has 4 aromatic carbocycles. The molecule has 2 amide bonds. The fourth-order valence-corrected chi connectivity index (χ4v) is 7.95. The summed E-state index contributed by atoms with van der Waals surface area (Å²) in [6, 6.07) is 31.7. The van der Waals surface area contributed by atoms with Gasteiger partial charge in [-0.3, -0.25) is 13.9 Å². The van der Waals surface area contributed by atoms with E-state index in [4.69, 9.17) is 0 Å². The highest BCUT2D eigenvalue weighted by atomic mass is 79.9. The third-order valence-corrected chi connectivity index (χ3v) is 10.7. The number of carbonyl (C=O) groups excluding carboxylic acids is 2. The Hall–Kier alpha value is -3.95. The summed E-state index contributed by atoms with van der Waals surface area (Å²) in [7, 11) is -4.13. The van der Waals surface area contributed by atoms with Crippen molar-refractivity contribution in [2.75, 3.05) is 10.8 Å². The van der Waals surface area contributed by atoms with Crippen molar-refractivity contribution < 1.29 is 18.0 Å². The van der Waals surface area contributed by atoms with Gasteiger partial charge in [0.25, 0.3) is 10.0 Å². The molecule has 0 unspecified atom stereocenters. The highest BCUT2D eigenvalue weighted by Crippen LogP contribution is 2.28. The van der Waals surface area contributed by atoms with Gasteiger partial charge in [-0.25, -0.2) is 8.42 Å². The molecule has 0 aromatic heterocycles. The van der Waals surface area contributed by atoms with Crippen molar-refractivity contribution in [2.45, 2.75) is 69.0 Å². The van der Waals surface area contributed by atoms with E-state index in [0.717, 1.165) is 47.7 Å². The molecule has 1 aliphatic carbocycles. The Bertz CT molecular complexity index is 1730. The Morgan fingerprint density at radius 3 is 2.13 bits per heavy atom. The first-order chi connectivity index (χ1) is 22.2. The molecule has 0 spiro atoms. The van der Waals surface area contributed by atoms with Crippen molar-refractivity contribution in [3.05, 3.63) is 130 Å². The topological polar surface area (TPSA) is 86.8 Å². The molecule has 1 fully saturated rings. The van der Waals surface area contributed by atoms with Crippen LogP contribution < -0.4 is 9.62 Å². The summed E-state index contributed by atoms with van der Waals surface area (Å²) in [5.74, 6) is -0.699. The van der Waals surface area contributed by atoms with Crippen LogP contribution in [0.25, 0.3) is 0 Å². The number of benzene rings is 4. The normalized spacial score (nSPS) is 14.3. The van der Waals surface area contributed by atoms with E-state index in [1.807, 2.05) is 73.7 Å². The zero-order chi connectivity index (χ0) is 32.5.